The number of nitrogens with one attached hydrogen (secondary N) is 1. The molecule has 0 fully saturated rings. The number of unbranched alkanes of at least 4 members (excludes halogenated alkanes) is 1. The molecule has 0 radical (unpaired) electrons. The number of carbonyl (C=O) groups is 3. The summed E-state index contributed by atoms with van der Waals surface area (Å²) in [6.07, 6.45) is 3.71. The van der Waals surface area contributed by atoms with Crippen LogP contribution in [0.1, 0.15) is 57.3 Å². The molecule has 2 amide bonds. The molecule has 0 unspecified atom stereocenters. The normalized spacial score (nSPS) is 14.7. The predicted molar refractivity (Wildman–Crippen MR) is 137 cm³/mol. The van der Waals surface area contributed by atoms with E-state index >= 15 is 0 Å². The van der Waals surface area contributed by atoms with E-state index in [0.29, 0.717) is 30.8 Å². The molecule has 182 valence electrons. The van der Waals surface area contributed by atoms with Crippen molar-refractivity contribution in [1.29, 1.82) is 0 Å². The van der Waals surface area contributed by atoms with Gasteiger partial charge in [-0.3, -0.25) is 14.4 Å². The summed E-state index contributed by atoms with van der Waals surface area (Å²) in [7, 11) is 1.83. The maximum atomic E-state index is 12.8. The number of thiophene rings is 1. The number of fused-ring (bicyclic) bond motifs is 2. The van der Waals surface area contributed by atoms with E-state index in [9.17, 15) is 14.4 Å². The van der Waals surface area contributed by atoms with E-state index in [1.54, 1.807) is 16.3 Å². The van der Waals surface area contributed by atoms with Crippen LogP contribution in [-0.2, 0) is 24.2 Å². The van der Waals surface area contributed by atoms with Gasteiger partial charge < -0.3 is 15.1 Å². The average Bonchev–Trinajstić information content (AvgIpc) is 3.56. The first kappa shape index (κ1) is 23.3. The third-order valence-corrected chi connectivity index (χ3v) is 7.54. The summed E-state index contributed by atoms with van der Waals surface area (Å²) >= 11 is 1.44. The summed E-state index contributed by atoms with van der Waals surface area (Å²) in [6.45, 7) is 4.29. The molecule has 4 heterocycles. The molecule has 8 nitrogen and oxygen atoms in total. The Morgan fingerprint density at radius 3 is 2.83 bits per heavy atom. The first-order chi connectivity index (χ1) is 16.9. The Kier molecular flexibility index (Phi) is 6.42. The van der Waals surface area contributed by atoms with Gasteiger partial charge in [-0.1, -0.05) is 13.3 Å². The van der Waals surface area contributed by atoms with Gasteiger partial charge in [-0.25, -0.2) is 4.68 Å². The van der Waals surface area contributed by atoms with E-state index in [2.05, 4.69) is 28.3 Å². The summed E-state index contributed by atoms with van der Waals surface area (Å²) in [5, 5.41) is 9.25. The maximum Gasteiger partial charge on any atom is 0.257 e. The van der Waals surface area contributed by atoms with Gasteiger partial charge in [0.1, 0.15) is 11.6 Å². The SMILES string of the molecule is CCCCC(=O)Cc1cc(C(=O)Nc2cc3n(n2)CCN3c2ccc3c(c2)CCN(C)C3=O)cs1. The Balaban J connectivity index is 1.27. The van der Waals surface area contributed by atoms with Crippen LogP contribution in [0.3, 0.4) is 0 Å². The highest BCUT2D eigenvalue weighted by Crippen LogP contribution is 2.34. The molecule has 0 aliphatic carbocycles. The van der Waals surface area contributed by atoms with E-state index in [4.69, 9.17) is 0 Å². The average molecular weight is 492 g/mol. The molecule has 35 heavy (non-hydrogen) atoms. The first-order valence-electron chi connectivity index (χ1n) is 12.1. The summed E-state index contributed by atoms with van der Waals surface area (Å²) in [4.78, 5) is 42.1. The van der Waals surface area contributed by atoms with Crippen molar-refractivity contribution in [3.05, 3.63) is 57.3 Å². The number of amides is 2. The van der Waals surface area contributed by atoms with Gasteiger partial charge in [0.25, 0.3) is 11.8 Å². The van der Waals surface area contributed by atoms with Crippen molar-refractivity contribution >= 4 is 46.3 Å². The number of nitrogens with zero attached hydrogens (tertiary/aromatic N) is 4. The van der Waals surface area contributed by atoms with Gasteiger partial charge >= 0.3 is 0 Å². The Labute approximate surface area is 208 Å². The number of aromatic nitrogens is 2. The molecule has 2 aromatic heterocycles. The highest BCUT2D eigenvalue weighted by Gasteiger charge is 2.27. The Morgan fingerprint density at radius 1 is 1.14 bits per heavy atom. The molecule has 5 rings (SSSR count). The molecule has 3 aromatic rings. The fourth-order valence-corrected chi connectivity index (χ4v) is 5.51. The molecule has 2 aliphatic heterocycles. The highest BCUT2D eigenvalue weighted by molar-refractivity contribution is 7.10. The fourth-order valence-electron chi connectivity index (χ4n) is 4.62. The third kappa shape index (κ3) is 4.73. The van der Waals surface area contributed by atoms with Gasteiger partial charge in [0.2, 0.25) is 0 Å². The highest BCUT2D eigenvalue weighted by atomic mass is 32.1. The van der Waals surface area contributed by atoms with Crippen LogP contribution in [0.15, 0.2) is 35.7 Å². The van der Waals surface area contributed by atoms with Gasteiger partial charge in [0.15, 0.2) is 5.82 Å². The molecule has 0 bridgehead atoms. The summed E-state index contributed by atoms with van der Waals surface area (Å²) in [5.41, 5.74) is 3.40. The monoisotopic (exact) mass is 491 g/mol. The van der Waals surface area contributed by atoms with Crippen LogP contribution in [0.4, 0.5) is 17.3 Å². The number of carbonyl (C=O) groups excluding carboxylic acids is 3. The zero-order valence-electron chi connectivity index (χ0n) is 20.0. The van der Waals surface area contributed by atoms with Gasteiger partial charge in [-0.05, 0) is 42.7 Å². The molecule has 2 aliphatic rings. The number of rotatable bonds is 8. The second-order valence-electron chi connectivity index (χ2n) is 9.16. The van der Waals surface area contributed by atoms with Gasteiger partial charge in [0, 0.05) is 60.6 Å². The smallest absolute Gasteiger partial charge is 0.257 e. The standard InChI is InChI=1S/C26H29N5O3S/c1-3-4-5-20(32)14-21-13-18(16-35-21)25(33)27-23-15-24-30(10-11-31(24)28-23)19-6-7-22-17(12-19)8-9-29(2)26(22)34/h6-7,12-13,15-16H,3-5,8-11,14H2,1-2H3,(H,27,28,33). The number of likely N-dealkylation sites (N-methyl/N-ethyl adjacent to an activating group) is 1. The molecule has 1 N–H and O–H groups in total. The van der Waals surface area contributed by atoms with E-state index in [-0.39, 0.29) is 17.6 Å². The molecule has 0 saturated carbocycles. The van der Waals surface area contributed by atoms with Crippen molar-refractivity contribution in [2.75, 3.05) is 30.4 Å². The molecule has 0 spiro atoms. The van der Waals surface area contributed by atoms with Crippen molar-refractivity contribution in [3.8, 4) is 0 Å². The van der Waals surface area contributed by atoms with Crippen molar-refractivity contribution < 1.29 is 14.4 Å². The number of Topliss-reactive ketones (excluding diaryl/α,β-unsaturated/α-hetero) is 1. The van der Waals surface area contributed by atoms with Crippen LogP contribution < -0.4 is 10.2 Å². The number of anilines is 3. The molecule has 0 atom stereocenters. The first-order valence-corrected chi connectivity index (χ1v) is 12.9. The van der Waals surface area contributed by atoms with Crippen LogP contribution in [0, 0.1) is 0 Å². The van der Waals surface area contributed by atoms with Crippen LogP contribution in [-0.4, -0.2) is 52.4 Å². The second-order valence-corrected chi connectivity index (χ2v) is 10.2. The van der Waals surface area contributed by atoms with Crippen LogP contribution in [0.5, 0.6) is 0 Å². The summed E-state index contributed by atoms with van der Waals surface area (Å²) < 4.78 is 1.89. The third-order valence-electron chi connectivity index (χ3n) is 6.60. The molecule has 1 aromatic carbocycles. The predicted octanol–water partition coefficient (Wildman–Crippen LogP) is 4.28. The number of benzene rings is 1. The van der Waals surface area contributed by atoms with Crippen molar-refractivity contribution in [2.45, 2.75) is 45.6 Å². The van der Waals surface area contributed by atoms with E-state index < -0.39 is 0 Å². The van der Waals surface area contributed by atoms with E-state index in [1.165, 1.54) is 11.3 Å². The van der Waals surface area contributed by atoms with Crippen molar-refractivity contribution in [1.82, 2.24) is 14.7 Å². The lowest BCUT2D eigenvalue weighted by Gasteiger charge is -2.26. The zero-order chi connectivity index (χ0) is 24.5. The minimum absolute atomic E-state index is 0.0659. The largest absolute Gasteiger partial charge is 0.341 e. The topological polar surface area (TPSA) is 87.5 Å². The number of hydrogen-bond acceptors (Lipinski definition) is 6. The second kappa shape index (κ2) is 9.65. The summed E-state index contributed by atoms with van der Waals surface area (Å²) in [5.74, 6) is 1.46. The fraction of sp³-hybridized carbons (Fsp3) is 0.385. The van der Waals surface area contributed by atoms with Crippen LogP contribution in [0.2, 0.25) is 0 Å². The lowest BCUT2D eigenvalue weighted by Crippen LogP contribution is -2.34. The molecular formula is C26H29N5O3S. The maximum absolute atomic E-state index is 12.8. The lowest BCUT2D eigenvalue weighted by molar-refractivity contribution is -0.118. The Bertz CT molecular complexity index is 1290. The quantitative estimate of drug-likeness (QED) is 0.508. The lowest BCUT2D eigenvalue weighted by atomic mass is 9.98. The minimum atomic E-state index is -0.228. The Morgan fingerprint density at radius 2 is 2.00 bits per heavy atom. The molecule has 9 heteroatoms. The van der Waals surface area contributed by atoms with Gasteiger partial charge in [-0.15, -0.1) is 11.3 Å². The molecular weight excluding hydrogens is 462 g/mol. The van der Waals surface area contributed by atoms with E-state index in [0.717, 1.165) is 59.9 Å². The van der Waals surface area contributed by atoms with Gasteiger partial charge in [-0.2, -0.15) is 5.10 Å². The van der Waals surface area contributed by atoms with Crippen LogP contribution >= 0.6 is 11.3 Å². The van der Waals surface area contributed by atoms with Crippen LogP contribution in [0.25, 0.3) is 0 Å². The van der Waals surface area contributed by atoms with E-state index in [1.807, 2.05) is 29.9 Å². The number of hydrogen-bond donors (Lipinski definition) is 1. The Hall–Kier alpha value is -3.46. The van der Waals surface area contributed by atoms with Crippen molar-refractivity contribution in [2.24, 2.45) is 0 Å². The molecule has 0 saturated heterocycles. The number of ketones is 1. The minimum Gasteiger partial charge on any atom is -0.341 e. The summed E-state index contributed by atoms with van der Waals surface area (Å²) in [6, 6.07) is 9.66. The van der Waals surface area contributed by atoms with Gasteiger partial charge in [0.05, 0.1) is 12.1 Å². The van der Waals surface area contributed by atoms with Crippen molar-refractivity contribution in [3.63, 3.8) is 0 Å². The zero-order valence-corrected chi connectivity index (χ0v) is 20.9.